The van der Waals surface area contributed by atoms with E-state index in [0.29, 0.717) is 0 Å². The molecule has 1 aromatic rings. The van der Waals surface area contributed by atoms with E-state index in [9.17, 15) is 40.0 Å². The Labute approximate surface area is 134 Å². The Hall–Kier alpha value is -2.08. The molecule has 0 unspecified atom stereocenters. The van der Waals surface area contributed by atoms with Gasteiger partial charge in [0.1, 0.15) is 6.61 Å². The molecule has 0 N–H and O–H groups in total. The van der Waals surface area contributed by atoms with E-state index in [-0.39, 0.29) is 11.1 Å². The van der Waals surface area contributed by atoms with Crippen LogP contribution in [0.3, 0.4) is 0 Å². The zero-order valence-corrected chi connectivity index (χ0v) is 12.1. The number of rotatable bonds is 5. The SMILES string of the molecule is [2H]C([2H])(N1C(=O)c2ccccc2C1=O)C(F)(F)COS(=O)(=O)C(F)(F)F. The number of alkyl halides is 5. The van der Waals surface area contributed by atoms with Crippen molar-refractivity contribution in [3.05, 3.63) is 35.4 Å². The van der Waals surface area contributed by atoms with Crippen LogP contribution in [-0.4, -0.2) is 49.7 Å². The van der Waals surface area contributed by atoms with Crippen molar-refractivity contribution < 1.29 is 46.9 Å². The van der Waals surface area contributed by atoms with Crippen LogP contribution >= 0.6 is 0 Å². The molecule has 6 nitrogen and oxygen atoms in total. The van der Waals surface area contributed by atoms with Crippen LogP contribution in [-0.2, 0) is 14.3 Å². The van der Waals surface area contributed by atoms with Crippen LogP contribution in [0.1, 0.15) is 23.5 Å². The molecule has 0 bridgehead atoms. The molecule has 0 saturated carbocycles. The molecular formula is C12H8F5NO5S. The minimum absolute atomic E-state index is 0.388. The van der Waals surface area contributed by atoms with Gasteiger partial charge in [-0.05, 0) is 12.1 Å². The highest BCUT2D eigenvalue weighted by Gasteiger charge is 2.50. The maximum atomic E-state index is 14.1. The van der Waals surface area contributed by atoms with Crippen molar-refractivity contribution in [2.45, 2.75) is 11.4 Å². The first-order valence-corrected chi connectivity index (χ1v) is 7.36. The number of carbonyl (C=O) groups excluding carboxylic acids is 2. The maximum absolute atomic E-state index is 14.1. The van der Waals surface area contributed by atoms with Crippen LogP contribution in [0.2, 0.25) is 0 Å². The second kappa shape index (κ2) is 5.77. The molecule has 2 rings (SSSR count). The highest BCUT2D eigenvalue weighted by atomic mass is 32.2. The summed E-state index contributed by atoms with van der Waals surface area (Å²) in [6.07, 6.45) is 0. The third-order valence-electron chi connectivity index (χ3n) is 2.75. The lowest BCUT2D eigenvalue weighted by atomic mass is 10.1. The predicted octanol–water partition coefficient (Wildman–Crippen LogP) is 1.78. The fraction of sp³-hybridized carbons (Fsp3) is 0.333. The number of nitrogens with zero attached hydrogens (tertiary/aromatic N) is 1. The van der Waals surface area contributed by atoms with Crippen LogP contribution in [0, 0.1) is 0 Å². The number of imide groups is 1. The van der Waals surface area contributed by atoms with Crippen molar-refractivity contribution in [3.63, 3.8) is 0 Å². The van der Waals surface area contributed by atoms with E-state index in [1.165, 1.54) is 12.1 Å². The van der Waals surface area contributed by atoms with E-state index >= 15 is 0 Å². The first kappa shape index (κ1) is 15.4. The summed E-state index contributed by atoms with van der Waals surface area (Å²) in [4.78, 5) is 23.6. The molecule has 0 fully saturated rings. The van der Waals surface area contributed by atoms with Gasteiger partial charge in [0, 0.05) is 0 Å². The van der Waals surface area contributed by atoms with Crippen LogP contribution in [0.5, 0.6) is 0 Å². The normalized spacial score (nSPS) is 17.6. The predicted molar refractivity (Wildman–Crippen MR) is 67.7 cm³/mol. The average molecular weight is 375 g/mol. The smallest absolute Gasteiger partial charge is 0.269 e. The van der Waals surface area contributed by atoms with E-state index < -0.39 is 51.4 Å². The van der Waals surface area contributed by atoms with E-state index in [2.05, 4.69) is 4.18 Å². The summed E-state index contributed by atoms with van der Waals surface area (Å²) < 4.78 is 104. The third-order valence-corrected chi connectivity index (χ3v) is 3.74. The molecule has 1 heterocycles. The molecule has 1 aliphatic heterocycles. The van der Waals surface area contributed by atoms with Gasteiger partial charge >= 0.3 is 15.6 Å². The van der Waals surface area contributed by atoms with Crippen LogP contribution < -0.4 is 0 Å². The lowest BCUT2D eigenvalue weighted by molar-refractivity contribution is -0.0770. The summed E-state index contributed by atoms with van der Waals surface area (Å²) >= 11 is 0. The van der Waals surface area contributed by atoms with Gasteiger partial charge in [-0.3, -0.25) is 18.7 Å². The Morgan fingerprint density at radius 1 is 1.04 bits per heavy atom. The average Bonchev–Trinajstić information content (AvgIpc) is 2.76. The molecule has 1 aromatic carbocycles. The van der Waals surface area contributed by atoms with Gasteiger partial charge in [0.05, 0.1) is 20.4 Å². The van der Waals surface area contributed by atoms with Gasteiger partial charge in [0.25, 0.3) is 17.7 Å². The molecule has 0 saturated heterocycles. The van der Waals surface area contributed by atoms with Crippen molar-refractivity contribution >= 4 is 21.9 Å². The summed E-state index contributed by atoms with van der Waals surface area (Å²) in [6.45, 7) is -6.74. The standard InChI is InChI=1S/C12H8F5NO5S/c13-11(14,6-23-24(21,22)12(15,16)17)5-18-9(19)7-3-1-2-4-8(7)10(18)20/h1-4H,5-6H2/i5D2. The van der Waals surface area contributed by atoms with Crippen molar-refractivity contribution in [2.75, 3.05) is 13.1 Å². The fourth-order valence-corrected chi connectivity index (χ4v) is 2.14. The summed E-state index contributed by atoms with van der Waals surface area (Å²) in [6, 6.07) is 4.68. The molecule has 0 aromatic heterocycles. The van der Waals surface area contributed by atoms with Crippen molar-refractivity contribution in [3.8, 4) is 0 Å². The zero-order valence-electron chi connectivity index (χ0n) is 13.3. The molecule has 12 heteroatoms. The first-order valence-electron chi connectivity index (χ1n) is 6.95. The number of hydrogen-bond donors (Lipinski definition) is 0. The first-order chi connectivity index (χ1) is 11.6. The second-order valence-corrected chi connectivity index (χ2v) is 6.08. The molecule has 1 aliphatic rings. The van der Waals surface area contributed by atoms with Gasteiger partial charge in [-0.1, -0.05) is 12.1 Å². The number of benzene rings is 1. The van der Waals surface area contributed by atoms with Crippen molar-refractivity contribution in [1.82, 2.24) is 4.90 Å². The Bertz CT molecular complexity index is 836. The highest BCUT2D eigenvalue weighted by Crippen LogP contribution is 2.29. The fourth-order valence-electron chi connectivity index (χ4n) is 1.71. The summed E-state index contributed by atoms with van der Waals surface area (Å²) in [7, 11) is -6.43. The monoisotopic (exact) mass is 375 g/mol. The minimum atomic E-state index is -6.43. The van der Waals surface area contributed by atoms with Crippen LogP contribution in [0.4, 0.5) is 22.0 Å². The molecule has 0 radical (unpaired) electrons. The van der Waals surface area contributed by atoms with Crippen molar-refractivity contribution in [2.24, 2.45) is 0 Å². The lowest BCUT2D eigenvalue weighted by Gasteiger charge is -2.22. The molecule has 2 amide bonds. The number of hydrogen-bond acceptors (Lipinski definition) is 5. The summed E-state index contributed by atoms with van der Waals surface area (Å²) in [5.74, 6) is -7.87. The zero-order chi connectivity index (χ0) is 20.1. The van der Waals surface area contributed by atoms with Gasteiger partial charge in [-0.25, -0.2) is 8.78 Å². The van der Waals surface area contributed by atoms with Gasteiger partial charge < -0.3 is 0 Å². The Kier molecular flexibility index (Phi) is 3.72. The Morgan fingerprint density at radius 3 is 1.92 bits per heavy atom. The van der Waals surface area contributed by atoms with E-state index in [4.69, 9.17) is 2.74 Å². The number of fused-ring (bicyclic) bond motifs is 1. The highest BCUT2D eigenvalue weighted by molar-refractivity contribution is 7.87. The van der Waals surface area contributed by atoms with Gasteiger partial charge in [-0.15, -0.1) is 0 Å². The van der Waals surface area contributed by atoms with E-state index in [1.54, 1.807) is 0 Å². The van der Waals surface area contributed by atoms with Crippen LogP contribution in [0.15, 0.2) is 24.3 Å². The second-order valence-electron chi connectivity index (χ2n) is 4.47. The number of amides is 2. The minimum Gasteiger partial charge on any atom is -0.269 e. The Morgan fingerprint density at radius 2 is 1.50 bits per heavy atom. The molecule has 0 aliphatic carbocycles. The van der Waals surface area contributed by atoms with E-state index in [0.717, 1.165) is 12.1 Å². The largest absolute Gasteiger partial charge is 0.523 e. The van der Waals surface area contributed by atoms with Crippen LogP contribution in [0.25, 0.3) is 0 Å². The number of carbonyl (C=O) groups is 2. The molecule has 24 heavy (non-hydrogen) atoms. The maximum Gasteiger partial charge on any atom is 0.523 e. The third kappa shape index (κ3) is 3.38. The van der Waals surface area contributed by atoms with Gasteiger partial charge in [0.15, 0.2) is 0 Å². The summed E-state index contributed by atoms with van der Waals surface area (Å²) in [5.41, 5.74) is -6.78. The lowest BCUT2D eigenvalue weighted by Crippen LogP contribution is -2.44. The number of halogens is 5. The molecule has 0 spiro atoms. The summed E-state index contributed by atoms with van der Waals surface area (Å²) in [5, 5.41) is 0. The molecule has 0 atom stereocenters. The van der Waals surface area contributed by atoms with Gasteiger partial charge in [0.2, 0.25) is 0 Å². The molecular weight excluding hydrogens is 365 g/mol. The Balaban J connectivity index is 2.32. The quantitative estimate of drug-likeness (QED) is 0.339. The van der Waals surface area contributed by atoms with Crippen molar-refractivity contribution in [1.29, 1.82) is 0 Å². The van der Waals surface area contributed by atoms with Gasteiger partial charge in [-0.2, -0.15) is 21.6 Å². The topological polar surface area (TPSA) is 80.8 Å². The molecule has 132 valence electrons. The van der Waals surface area contributed by atoms with E-state index in [1.807, 2.05) is 0 Å².